The molecule has 0 atom stereocenters. The number of thiazole rings is 1. The largest absolute Gasteiger partial charge is 0.495 e. The molecule has 0 fully saturated rings. The number of rotatable bonds is 8. The fraction of sp³-hybridized carbons (Fsp3) is 0.190. The highest BCUT2D eigenvalue weighted by Crippen LogP contribution is 2.29. The van der Waals surface area contributed by atoms with Crippen molar-refractivity contribution in [2.75, 3.05) is 17.7 Å². The highest BCUT2D eigenvalue weighted by atomic mass is 35.5. The number of methoxy groups -OCH3 is 1. The van der Waals surface area contributed by atoms with E-state index in [0.717, 1.165) is 15.7 Å². The molecule has 3 rings (SSSR count). The van der Waals surface area contributed by atoms with Crippen LogP contribution >= 0.6 is 34.7 Å². The van der Waals surface area contributed by atoms with Crippen LogP contribution in [0.1, 0.15) is 18.2 Å². The Labute approximate surface area is 188 Å². The van der Waals surface area contributed by atoms with E-state index in [2.05, 4.69) is 15.6 Å². The van der Waals surface area contributed by atoms with Crippen molar-refractivity contribution < 1.29 is 14.3 Å². The summed E-state index contributed by atoms with van der Waals surface area (Å²) in [4.78, 5) is 28.3. The number of hydrogen-bond acceptors (Lipinski definition) is 6. The minimum absolute atomic E-state index is 0.144. The van der Waals surface area contributed by atoms with E-state index in [0.29, 0.717) is 27.8 Å². The number of aromatic nitrogens is 1. The van der Waals surface area contributed by atoms with Crippen molar-refractivity contribution in [2.45, 2.75) is 23.4 Å². The molecule has 2 N–H and O–H groups in total. The second-order valence-corrected chi connectivity index (χ2v) is 8.86. The Balaban J connectivity index is 1.58. The highest BCUT2D eigenvalue weighted by molar-refractivity contribution is 8.00. The first kappa shape index (κ1) is 22.1. The van der Waals surface area contributed by atoms with Crippen molar-refractivity contribution in [1.82, 2.24) is 4.98 Å². The molecule has 0 saturated heterocycles. The minimum Gasteiger partial charge on any atom is -0.495 e. The van der Waals surface area contributed by atoms with Crippen molar-refractivity contribution >= 4 is 57.9 Å². The molecule has 0 unspecified atom stereocenters. The van der Waals surface area contributed by atoms with Crippen LogP contribution in [0.15, 0.2) is 52.2 Å². The van der Waals surface area contributed by atoms with E-state index in [-0.39, 0.29) is 18.2 Å². The highest BCUT2D eigenvalue weighted by Gasteiger charge is 2.12. The van der Waals surface area contributed by atoms with E-state index in [9.17, 15) is 9.59 Å². The molecule has 2 aromatic carbocycles. The SMILES string of the molecule is COc1ccc(NC(C)=O)cc1NC(=O)Cc1csc(SCc2ccc(Cl)cc2)n1. The first-order valence-electron chi connectivity index (χ1n) is 9.00. The average Bonchev–Trinajstić information content (AvgIpc) is 3.14. The molecule has 9 heteroatoms. The van der Waals surface area contributed by atoms with Crippen LogP contribution in [-0.4, -0.2) is 23.9 Å². The Bertz CT molecular complexity index is 1040. The Morgan fingerprint density at radius 1 is 1.17 bits per heavy atom. The Morgan fingerprint density at radius 3 is 2.63 bits per heavy atom. The summed E-state index contributed by atoms with van der Waals surface area (Å²) >= 11 is 9.04. The van der Waals surface area contributed by atoms with E-state index in [4.69, 9.17) is 16.3 Å². The summed E-state index contributed by atoms with van der Waals surface area (Å²) < 4.78 is 6.19. The summed E-state index contributed by atoms with van der Waals surface area (Å²) in [6, 6.07) is 12.8. The van der Waals surface area contributed by atoms with Gasteiger partial charge in [-0.25, -0.2) is 4.98 Å². The normalized spacial score (nSPS) is 10.5. The monoisotopic (exact) mass is 461 g/mol. The number of thioether (sulfide) groups is 1. The number of carbonyl (C=O) groups is 2. The summed E-state index contributed by atoms with van der Waals surface area (Å²) in [5, 5.41) is 8.11. The molecular formula is C21H20ClN3O3S2. The van der Waals surface area contributed by atoms with E-state index in [1.165, 1.54) is 25.4 Å². The molecule has 0 aliphatic heterocycles. The summed E-state index contributed by atoms with van der Waals surface area (Å²) in [7, 11) is 1.52. The summed E-state index contributed by atoms with van der Waals surface area (Å²) in [5.41, 5.74) is 2.92. The van der Waals surface area contributed by atoms with Crippen LogP contribution in [0.5, 0.6) is 5.75 Å². The Kier molecular flexibility index (Phi) is 7.73. The number of amides is 2. The van der Waals surface area contributed by atoms with E-state index in [1.54, 1.807) is 30.0 Å². The lowest BCUT2D eigenvalue weighted by atomic mass is 10.2. The maximum atomic E-state index is 12.5. The van der Waals surface area contributed by atoms with Crippen LogP contribution < -0.4 is 15.4 Å². The molecule has 0 aliphatic rings. The van der Waals surface area contributed by atoms with Crippen LogP contribution in [0.4, 0.5) is 11.4 Å². The molecule has 0 saturated carbocycles. The van der Waals surface area contributed by atoms with Crippen LogP contribution in [0.2, 0.25) is 5.02 Å². The molecule has 0 bridgehead atoms. The van der Waals surface area contributed by atoms with Gasteiger partial charge in [-0.3, -0.25) is 9.59 Å². The van der Waals surface area contributed by atoms with Crippen LogP contribution in [0.3, 0.4) is 0 Å². The van der Waals surface area contributed by atoms with Gasteiger partial charge >= 0.3 is 0 Å². The lowest BCUT2D eigenvalue weighted by molar-refractivity contribution is -0.116. The third kappa shape index (κ3) is 6.48. The quantitative estimate of drug-likeness (QED) is 0.448. The maximum absolute atomic E-state index is 12.5. The number of anilines is 2. The molecular weight excluding hydrogens is 442 g/mol. The van der Waals surface area contributed by atoms with Gasteiger partial charge in [-0.05, 0) is 35.9 Å². The number of benzene rings is 2. The summed E-state index contributed by atoms with van der Waals surface area (Å²) in [5.74, 6) is 0.884. The zero-order chi connectivity index (χ0) is 21.5. The number of hydrogen-bond donors (Lipinski definition) is 2. The average molecular weight is 462 g/mol. The zero-order valence-corrected chi connectivity index (χ0v) is 18.8. The second-order valence-electron chi connectivity index (χ2n) is 6.34. The molecule has 156 valence electrons. The third-order valence-corrected chi connectivity index (χ3v) is 6.33. The van der Waals surface area contributed by atoms with E-state index < -0.39 is 0 Å². The predicted octanol–water partition coefficient (Wildman–Crippen LogP) is 5.24. The smallest absolute Gasteiger partial charge is 0.230 e. The Hall–Kier alpha value is -2.55. The molecule has 3 aromatic rings. The van der Waals surface area contributed by atoms with Gasteiger partial charge in [0.2, 0.25) is 11.8 Å². The fourth-order valence-electron chi connectivity index (χ4n) is 2.61. The van der Waals surface area contributed by atoms with Gasteiger partial charge in [-0.1, -0.05) is 35.5 Å². The number of carbonyl (C=O) groups excluding carboxylic acids is 2. The predicted molar refractivity (Wildman–Crippen MR) is 123 cm³/mol. The van der Waals surface area contributed by atoms with Gasteiger partial charge in [0.15, 0.2) is 0 Å². The zero-order valence-electron chi connectivity index (χ0n) is 16.4. The van der Waals surface area contributed by atoms with Crippen molar-refractivity contribution in [3.63, 3.8) is 0 Å². The van der Waals surface area contributed by atoms with Crippen molar-refractivity contribution in [2.24, 2.45) is 0 Å². The Morgan fingerprint density at radius 2 is 1.93 bits per heavy atom. The van der Waals surface area contributed by atoms with Crippen molar-refractivity contribution in [3.05, 3.63) is 64.1 Å². The maximum Gasteiger partial charge on any atom is 0.230 e. The minimum atomic E-state index is -0.215. The number of nitrogens with zero attached hydrogens (tertiary/aromatic N) is 1. The van der Waals surface area contributed by atoms with Crippen LogP contribution in [-0.2, 0) is 21.8 Å². The van der Waals surface area contributed by atoms with Gasteiger partial charge in [0, 0.05) is 28.8 Å². The van der Waals surface area contributed by atoms with Gasteiger partial charge in [-0.15, -0.1) is 11.3 Å². The first-order chi connectivity index (χ1) is 14.4. The molecule has 0 radical (unpaired) electrons. The third-order valence-electron chi connectivity index (χ3n) is 3.94. The fourth-order valence-corrected chi connectivity index (χ4v) is 4.53. The van der Waals surface area contributed by atoms with E-state index in [1.807, 2.05) is 29.6 Å². The number of nitrogens with one attached hydrogen (secondary N) is 2. The molecule has 1 aromatic heterocycles. The molecule has 2 amide bonds. The summed E-state index contributed by atoms with van der Waals surface area (Å²) in [6.07, 6.45) is 0.144. The standard InChI is InChI=1S/C21H20ClN3O3S2/c1-13(26)23-16-7-8-19(28-2)18(9-16)25-20(27)10-17-12-30-21(24-17)29-11-14-3-5-15(22)6-4-14/h3-9,12H,10-11H2,1-2H3,(H,23,26)(H,25,27). The van der Waals surface area contributed by atoms with E-state index >= 15 is 0 Å². The van der Waals surface area contributed by atoms with Gasteiger partial charge < -0.3 is 15.4 Å². The van der Waals surface area contributed by atoms with Crippen LogP contribution in [0, 0.1) is 0 Å². The number of ether oxygens (including phenoxy) is 1. The first-order valence-corrected chi connectivity index (χ1v) is 11.2. The topological polar surface area (TPSA) is 80.3 Å². The summed E-state index contributed by atoms with van der Waals surface area (Å²) in [6.45, 7) is 1.42. The van der Waals surface area contributed by atoms with Gasteiger partial charge in [0.1, 0.15) is 10.1 Å². The molecule has 1 heterocycles. The lowest BCUT2D eigenvalue weighted by Crippen LogP contribution is -2.15. The van der Waals surface area contributed by atoms with Crippen molar-refractivity contribution in [1.29, 1.82) is 0 Å². The number of halogens is 1. The second kappa shape index (κ2) is 10.5. The molecule has 0 aliphatic carbocycles. The molecule has 0 spiro atoms. The van der Waals surface area contributed by atoms with Gasteiger partial charge in [0.25, 0.3) is 0 Å². The van der Waals surface area contributed by atoms with Gasteiger partial charge in [0.05, 0.1) is 24.9 Å². The molecule has 30 heavy (non-hydrogen) atoms. The van der Waals surface area contributed by atoms with Crippen molar-refractivity contribution in [3.8, 4) is 5.75 Å². The van der Waals surface area contributed by atoms with Crippen LogP contribution in [0.25, 0.3) is 0 Å². The lowest BCUT2D eigenvalue weighted by Gasteiger charge is -2.12. The molecule has 6 nitrogen and oxygen atoms in total. The van der Waals surface area contributed by atoms with Gasteiger partial charge in [-0.2, -0.15) is 0 Å².